The van der Waals surface area contributed by atoms with E-state index in [0.29, 0.717) is 22.1 Å². The first-order valence-corrected chi connectivity index (χ1v) is 8.14. The number of Topliss-reactive ketones (excluding diaryl/α,β-unsaturated/α-hetero) is 1. The highest BCUT2D eigenvalue weighted by Crippen LogP contribution is 2.27. The van der Waals surface area contributed by atoms with E-state index >= 15 is 0 Å². The van der Waals surface area contributed by atoms with Gasteiger partial charge in [0.15, 0.2) is 11.6 Å². The molecule has 2 aromatic carbocycles. The van der Waals surface area contributed by atoms with E-state index in [-0.39, 0.29) is 23.0 Å². The van der Waals surface area contributed by atoms with E-state index in [1.807, 2.05) is 0 Å². The molecule has 2 N–H and O–H groups in total. The molecule has 0 spiro atoms. The minimum Gasteiger partial charge on any atom is -0.507 e. The Kier molecular flexibility index (Phi) is 4.75. The largest absolute Gasteiger partial charge is 0.507 e. The van der Waals surface area contributed by atoms with Crippen LogP contribution in [0.1, 0.15) is 10.4 Å². The summed E-state index contributed by atoms with van der Waals surface area (Å²) in [6.07, 6.45) is 0. The minimum absolute atomic E-state index is 0.0644. The summed E-state index contributed by atoms with van der Waals surface area (Å²) in [5.74, 6) is 0.393. The highest BCUT2D eigenvalue weighted by atomic mass is 32.2. The summed E-state index contributed by atoms with van der Waals surface area (Å²) in [7, 11) is 0. The fraction of sp³-hybridized carbons (Fsp3) is 0.0625. The lowest BCUT2D eigenvalue weighted by molar-refractivity contribution is -0.384. The van der Waals surface area contributed by atoms with E-state index in [0.717, 1.165) is 11.8 Å². The zero-order valence-corrected chi connectivity index (χ0v) is 13.6. The third-order valence-electron chi connectivity index (χ3n) is 3.36. The van der Waals surface area contributed by atoms with Gasteiger partial charge in [-0.1, -0.05) is 23.9 Å². The highest BCUT2D eigenvalue weighted by molar-refractivity contribution is 7.99. The van der Waals surface area contributed by atoms with E-state index in [9.17, 15) is 20.0 Å². The number of aromatic hydroxyl groups is 1. The molecule has 0 amide bonds. The Morgan fingerprint density at radius 3 is 2.60 bits per heavy atom. The van der Waals surface area contributed by atoms with Crippen LogP contribution in [-0.4, -0.2) is 36.7 Å². The second-order valence-electron chi connectivity index (χ2n) is 5.00. The molecule has 8 nitrogen and oxygen atoms in total. The van der Waals surface area contributed by atoms with Gasteiger partial charge in [-0.3, -0.25) is 20.0 Å². The van der Waals surface area contributed by atoms with E-state index in [1.165, 1.54) is 24.3 Å². The predicted molar refractivity (Wildman–Crippen MR) is 91.6 cm³/mol. The van der Waals surface area contributed by atoms with Crippen molar-refractivity contribution in [2.45, 2.75) is 5.16 Å². The number of carbonyl (C=O) groups excluding carboxylic acids is 1. The van der Waals surface area contributed by atoms with Crippen molar-refractivity contribution in [2.24, 2.45) is 0 Å². The smallest absolute Gasteiger partial charge is 0.269 e. The number of hydrogen-bond donors (Lipinski definition) is 2. The molecule has 25 heavy (non-hydrogen) atoms. The average molecular weight is 356 g/mol. The maximum absolute atomic E-state index is 12.1. The molecule has 126 valence electrons. The molecule has 0 saturated heterocycles. The van der Waals surface area contributed by atoms with E-state index in [2.05, 4.69) is 15.2 Å². The van der Waals surface area contributed by atoms with E-state index in [4.69, 9.17) is 0 Å². The van der Waals surface area contributed by atoms with Gasteiger partial charge in [-0.05, 0) is 24.3 Å². The van der Waals surface area contributed by atoms with E-state index in [1.54, 1.807) is 24.3 Å². The summed E-state index contributed by atoms with van der Waals surface area (Å²) in [5.41, 5.74) is 0.837. The summed E-state index contributed by atoms with van der Waals surface area (Å²) >= 11 is 1.14. The number of H-pyrrole nitrogens is 1. The van der Waals surface area contributed by atoms with Crippen LogP contribution in [0.15, 0.2) is 53.7 Å². The number of nitro benzene ring substituents is 1. The lowest BCUT2D eigenvalue weighted by atomic mass is 10.1. The number of benzene rings is 2. The number of thioether (sulfide) groups is 1. The Balaban J connectivity index is 1.65. The summed E-state index contributed by atoms with van der Waals surface area (Å²) in [6, 6.07) is 12.1. The number of rotatable bonds is 6. The minimum atomic E-state index is -0.517. The first kappa shape index (κ1) is 16.7. The van der Waals surface area contributed by atoms with Crippen molar-refractivity contribution < 1.29 is 14.8 Å². The second-order valence-corrected chi connectivity index (χ2v) is 5.94. The lowest BCUT2D eigenvalue weighted by Crippen LogP contribution is -2.02. The molecule has 1 aromatic heterocycles. The molecule has 0 aliphatic rings. The normalized spacial score (nSPS) is 10.6. The maximum Gasteiger partial charge on any atom is 0.269 e. The molecule has 3 aromatic rings. The van der Waals surface area contributed by atoms with Crippen LogP contribution >= 0.6 is 11.8 Å². The summed E-state index contributed by atoms with van der Waals surface area (Å²) < 4.78 is 0. The van der Waals surface area contributed by atoms with Gasteiger partial charge in [-0.25, -0.2) is 4.98 Å². The highest BCUT2D eigenvalue weighted by Gasteiger charge is 2.13. The van der Waals surface area contributed by atoms with Gasteiger partial charge in [0.25, 0.3) is 5.69 Å². The third-order valence-corrected chi connectivity index (χ3v) is 4.20. The quantitative estimate of drug-likeness (QED) is 0.301. The van der Waals surface area contributed by atoms with Gasteiger partial charge in [0, 0.05) is 17.7 Å². The van der Waals surface area contributed by atoms with Crippen LogP contribution in [0.5, 0.6) is 5.75 Å². The van der Waals surface area contributed by atoms with Gasteiger partial charge < -0.3 is 5.11 Å². The number of non-ortho nitro benzene ring substituents is 1. The summed E-state index contributed by atoms with van der Waals surface area (Å²) in [5, 5.41) is 27.5. The number of phenols is 1. The SMILES string of the molecule is O=C(CSc1n[nH]c(-c2ccccc2O)n1)c1ccc([N+](=O)[O-])cc1. The molecule has 0 aliphatic heterocycles. The Hall–Kier alpha value is -3.20. The van der Waals surface area contributed by atoms with Crippen LogP contribution in [-0.2, 0) is 0 Å². The van der Waals surface area contributed by atoms with Crippen molar-refractivity contribution >= 4 is 23.2 Å². The van der Waals surface area contributed by atoms with Gasteiger partial charge in [0.05, 0.1) is 16.2 Å². The molecule has 9 heteroatoms. The predicted octanol–water partition coefficient (Wildman–Crippen LogP) is 3.06. The van der Waals surface area contributed by atoms with Gasteiger partial charge in [-0.2, -0.15) is 0 Å². The zero-order valence-electron chi connectivity index (χ0n) is 12.7. The number of carbonyl (C=O) groups is 1. The molecule has 0 bridgehead atoms. The zero-order chi connectivity index (χ0) is 17.8. The molecule has 0 aliphatic carbocycles. The Morgan fingerprint density at radius 2 is 1.92 bits per heavy atom. The standard InChI is InChI=1S/C16H12N4O4S/c21-13-4-2-1-3-12(13)15-17-16(19-18-15)25-9-14(22)10-5-7-11(8-6-10)20(23)24/h1-8,21H,9H2,(H,17,18,19). The number of para-hydroxylation sites is 1. The molecular weight excluding hydrogens is 344 g/mol. The monoisotopic (exact) mass is 356 g/mol. The first-order chi connectivity index (χ1) is 12.0. The second kappa shape index (κ2) is 7.14. The molecule has 0 fully saturated rings. The van der Waals surface area contributed by atoms with E-state index < -0.39 is 4.92 Å². The number of hydrogen-bond acceptors (Lipinski definition) is 7. The number of nitrogens with one attached hydrogen (secondary N) is 1. The van der Waals surface area contributed by atoms with Crippen molar-refractivity contribution in [1.29, 1.82) is 0 Å². The molecule has 1 heterocycles. The first-order valence-electron chi connectivity index (χ1n) is 7.16. The van der Waals surface area contributed by atoms with Gasteiger partial charge in [0.2, 0.25) is 5.16 Å². The number of aromatic nitrogens is 3. The van der Waals surface area contributed by atoms with Crippen LogP contribution in [0.3, 0.4) is 0 Å². The van der Waals surface area contributed by atoms with Crippen LogP contribution < -0.4 is 0 Å². The number of ketones is 1. The van der Waals surface area contributed by atoms with Gasteiger partial charge in [0.1, 0.15) is 5.75 Å². The van der Waals surface area contributed by atoms with Crippen molar-refractivity contribution in [1.82, 2.24) is 15.2 Å². The summed E-state index contributed by atoms with van der Waals surface area (Å²) in [6.45, 7) is 0. The van der Waals surface area contributed by atoms with Gasteiger partial charge in [-0.15, -0.1) is 5.10 Å². The molecule has 3 rings (SSSR count). The van der Waals surface area contributed by atoms with Crippen LogP contribution in [0.4, 0.5) is 5.69 Å². The van der Waals surface area contributed by atoms with Crippen molar-refractivity contribution in [2.75, 3.05) is 5.75 Å². The molecular formula is C16H12N4O4S. The Labute approximate surface area is 146 Å². The van der Waals surface area contributed by atoms with Crippen molar-refractivity contribution in [3.63, 3.8) is 0 Å². The number of nitrogens with zero attached hydrogens (tertiary/aromatic N) is 3. The van der Waals surface area contributed by atoms with Crippen LogP contribution in [0.2, 0.25) is 0 Å². The Morgan fingerprint density at radius 1 is 1.20 bits per heavy atom. The van der Waals surface area contributed by atoms with Crippen molar-refractivity contribution in [3.8, 4) is 17.1 Å². The number of nitro groups is 1. The molecule has 0 saturated carbocycles. The number of phenolic OH excluding ortho intramolecular Hbond substituents is 1. The topological polar surface area (TPSA) is 122 Å². The number of aromatic amines is 1. The fourth-order valence-electron chi connectivity index (χ4n) is 2.09. The molecule has 0 atom stereocenters. The fourth-order valence-corrected chi connectivity index (χ4v) is 2.78. The molecule has 0 radical (unpaired) electrons. The van der Waals surface area contributed by atoms with Crippen LogP contribution in [0.25, 0.3) is 11.4 Å². The van der Waals surface area contributed by atoms with Crippen LogP contribution in [0, 0.1) is 10.1 Å². The average Bonchev–Trinajstić information content (AvgIpc) is 3.09. The maximum atomic E-state index is 12.1. The lowest BCUT2D eigenvalue weighted by Gasteiger charge is -1.99. The Bertz CT molecular complexity index is 924. The van der Waals surface area contributed by atoms with Gasteiger partial charge >= 0.3 is 0 Å². The third kappa shape index (κ3) is 3.83. The summed E-state index contributed by atoms with van der Waals surface area (Å²) in [4.78, 5) is 26.5. The van der Waals surface area contributed by atoms with Crippen molar-refractivity contribution in [3.05, 3.63) is 64.2 Å². The molecule has 0 unspecified atom stereocenters.